The maximum atomic E-state index is 5.69. The molecule has 0 aliphatic rings. The Morgan fingerprint density at radius 2 is 1.84 bits per heavy atom. The summed E-state index contributed by atoms with van der Waals surface area (Å²) >= 11 is 0. The predicted octanol–water partition coefficient (Wildman–Crippen LogP) is 2.68. The number of pyridine rings is 1. The van der Waals surface area contributed by atoms with Gasteiger partial charge in [-0.05, 0) is 37.5 Å². The van der Waals surface area contributed by atoms with Crippen molar-refractivity contribution in [2.45, 2.75) is 25.8 Å². The first kappa shape index (κ1) is 13.2. The number of rotatable bonds is 5. The highest BCUT2D eigenvalue weighted by Gasteiger charge is 2.05. The lowest BCUT2D eigenvalue weighted by Crippen LogP contribution is -2.17. The number of nitrogens with two attached hydrogens (primary N) is 2. The highest BCUT2D eigenvalue weighted by molar-refractivity contribution is 5.61. The molecule has 1 unspecified atom stereocenters. The molecule has 0 spiro atoms. The Morgan fingerprint density at radius 3 is 2.53 bits per heavy atom. The van der Waals surface area contributed by atoms with Crippen LogP contribution in [0.25, 0.3) is 0 Å². The largest absolute Gasteiger partial charge is 0.396 e. The molecule has 2 aromatic rings. The van der Waals surface area contributed by atoms with E-state index in [0.29, 0.717) is 17.5 Å². The lowest BCUT2D eigenvalue weighted by Gasteiger charge is -2.15. The first-order valence-corrected chi connectivity index (χ1v) is 6.47. The van der Waals surface area contributed by atoms with Crippen molar-refractivity contribution in [3.8, 4) is 0 Å². The van der Waals surface area contributed by atoms with Crippen LogP contribution >= 0.6 is 0 Å². The monoisotopic (exact) mass is 256 g/mol. The molecule has 100 valence electrons. The molecule has 0 amide bonds. The van der Waals surface area contributed by atoms with Crippen molar-refractivity contribution in [2.75, 3.05) is 16.8 Å². The van der Waals surface area contributed by atoms with E-state index in [1.54, 1.807) is 6.07 Å². The van der Waals surface area contributed by atoms with E-state index in [4.69, 9.17) is 11.5 Å². The predicted molar refractivity (Wildman–Crippen MR) is 80.9 cm³/mol. The number of hydrogen-bond acceptors (Lipinski definition) is 4. The number of benzene rings is 1. The third-order valence-electron chi connectivity index (χ3n) is 3.06. The third-order valence-corrected chi connectivity index (χ3v) is 3.06. The quantitative estimate of drug-likeness (QED) is 0.768. The second-order valence-corrected chi connectivity index (χ2v) is 4.74. The molecule has 0 fully saturated rings. The zero-order chi connectivity index (χ0) is 13.7. The van der Waals surface area contributed by atoms with E-state index in [2.05, 4.69) is 41.5 Å². The minimum atomic E-state index is 0.329. The van der Waals surface area contributed by atoms with Crippen LogP contribution in [0.3, 0.4) is 0 Å². The van der Waals surface area contributed by atoms with Crippen LogP contribution in [0.4, 0.5) is 17.3 Å². The van der Waals surface area contributed by atoms with Crippen molar-refractivity contribution >= 4 is 17.3 Å². The molecule has 19 heavy (non-hydrogen) atoms. The molecule has 0 saturated carbocycles. The summed E-state index contributed by atoms with van der Waals surface area (Å²) in [5.74, 6) is 1.15. The molecule has 0 aliphatic heterocycles. The molecule has 0 bridgehead atoms. The van der Waals surface area contributed by atoms with E-state index in [0.717, 1.165) is 18.7 Å². The average Bonchev–Trinajstić information content (AvgIpc) is 2.42. The highest BCUT2D eigenvalue weighted by atomic mass is 15.0. The second-order valence-electron chi connectivity index (χ2n) is 4.74. The summed E-state index contributed by atoms with van der Waals surface area (Å²) in [5.41, 5.74) is 13.2. The van der Waals surface area contributed by atoms with Gasteiger partial charge in [0.15, 0.2) is 0 Å². The zero-order valence-electron chi connectivity index (χ0n) is 11.1. The van der Waals surface area contributed by atoms with Gasteiger partial charge in [-0.15, -0.1) is 0 Å². The Kier molecular flexibility index (Phi) is 4.23. The van der Waals surface area contributed by atoms with Gasteiger partial charge in [0.05, 0.1) is 5.69 Å². The van der Waals surface area contributed by atoms with Gasteiger partial charge < -0.3 is 16.8 Å². The molecular formula is C15H20N4. The molecule has 4 nitrogen and oxygen atoms in total. The van der Waals surface area contributed by atoms with Gasteiger partial charge in [0, 0.05) is 6.04 Å². The standard InChI is InChI=1S/C15H20N4/c1-11(7-8-12-5-3-2-4-6-12)18-14-10-9-13(16)15(17)19-14/h2-6,9-11H,7-8,16H2,1H3,(H3,17,18,19). The van der Waals surface area contributed by atoms with E-state index < -0.39 is 0 Å². The van der Waals surface area contributed by atoms with Gasteiger partial charge in [-0.3, -0.25) is 0 Å². The van der Waals surface area contributed by atoms with Crippen molar-refractivity contribution in [1.82, 2.24) is 4.98 Å². The van der Waals surface area contributed by atoms with Crippen LogP contribution in [0.5, 0.6) is 0 Å². The summed E-state index contributed by atoms with van der Waals surface area (Å²) in [6.45, 7) is 2.14. The second kappa shape index (κ2) is 6.09. The topological polar surface area (TPSA) is 77.0 Å². The maximum absolute atomic E-state index is 5.69. The molecule has 0 aliphatic carbocycles. The van der Waals surface area contributed by atoms with Crippen LogP contribution in [0.2, 0.25) is 0 Å². The van der Waals surface area contributed by atoms with E-state index >= 15 is 0 Å². The van der Waals surface area contributed by atoms with Gasteiger partial charge in [0.2, 0.25) is 0 Å². The van der Waals surface area contributed by atoms with E-state index in [9.17, 15) is 0 Å². The summed E-state index contributed by atoms with van der Waals surface area (Å²) < 4.78 is 0. The molecule has 1 aromatic carbocycles. The van der Waals surface area contributed by atoms with Gasteiger partial charge in [-0.25, -0.2) is 4.98 Å². The molecule has 1 aromatic heterocycles. The Morgan fingerprint density at radius 1 is 1.11 bits per heavy atom. The fourth-order valence-corrected chi connectivity index (χ4v) is 1.92. The fourth-order valence-electron chi connectivity index (χ4n) is 1.92. The van der Waals surface area contributed by atoms with Crippen LogP contribution in [-0.2, 0) is 6.42 Å². The molecule has 1 atom stereocenters. The van der Waals surface area contributed by atoms with E-state index in [-0.39, 0.29) is 0 Å². The van der Waals surface area contributed by atoms with Crippen molar-refractivity contribution in [2.24, 2.45) is 0 Å². The Bertz CT molecular complexity index is 525. The minimum Gasteiger partial charge on any atom is -0.396 e. The van der Waals surface area contributed by atoms with Gasteiger partial charge in [-0.2, -0.15) is 0 Å². The van der Waals surface area contributed by atoms with Gasteiger partial charge in [0.25, 0.3) is 0 Å². The first-order valence-electron chi connectivity index (χ1n) is 6.47. The van der Waals surface area contributed by atoms with Gasteiger partial charge >= 0.3 is 0 Å². The molecule has 4 heteroatoms. The number of anilines is 3. The number of aryl methyl sites for hydroxylation is 1. The molecule has 2 rings (SSSR count). The van der Waals surface area contributed by atoms with Crippen molar-refractivity contribution in [1.29, 1.82) is 0 Å². The summed E-state index contributed by atoms with van der Waals surface area (Å²) in [4.78, 5) is 4.21. The number of hydrogen-bond donors (Lipinski definition) is 3. The third kappa shape index (κ3) is 3.88. The van der Waals surface area contributed by atoms with Crippen LogP contribution in [-0.4, -0.2) is 11.0 Å². The average molecular weight is 256 g/mol. The molecule has 1 heterocycles. The van der Waals surface area contributed by atoms with Crippen LogP contribution in [0.1, 0.15) is 18.9 Å². The van der Waals surface area contributed by atoms with Crippen molar-refractivity contribution < 1.29 is 0 Å². The van der Waals surface area contributed by atoms with Crippen molar-refractivity contribution in [3.63, 3.8) is 0 Å². The fraction of sp³-hybridized carbons (Fsp3) is 0.267. The molecule has 5 N–H and O–H groups in total. The highest BCUT2D eigenvalue weighted by Crippen LogP contribution is 2.16. The van der Waals surface area contributed by atoms with Gasteiger partial charge in [-0.1, -0.05) is 30.3 Å². The summed E-state index contributed by atoms with van der Waals surface area (Å²) in [6, 6.07) is 14.4. The lowest BCUT2D eigenvalue weighted by atomic mass is 10.1. The first-order chi connectivity index (χ1) is 9.15. The van der Waals surface area contributed by atoms with Crippen LogP contribution < -0.4 is 16.8 Å². The Hall–Kier alpha value is -2.23. The number of aromatic nitrogens is 1. The van der Waals surface area contributed by atoms with E-state index in [1.807, 2.05) is 12.1 Å². The van der Waals surface area contributed by atoms with Crippen LogP contribution in [0.15, 0.2) is 42.5 Å². The number of nitrogen functional groups attached to an aromatic ring is 2. The number of nitrogens with zero attached hydrogens (tertiary/aromatic N) is 1. The maximum Gasteiger partial charge on any atom is 0.149 e. The van der Waals surface area contributed by atoms with Crippen LogP contribution in [0, 0.1) is 0 Å². The summed E-state index contributed by atoms with van der Waals surface area (Å²) in [6.07, 6.45) is 2.08. The SMILES string of the molecule is CC(CCc1ccccc1)Nc1ccc(N)c(N)n1. The molecular weight excluding hydrogens is 236 g/mol. The number of nitrogens with one attached hydrogen (secondary N) is 1. The van der Waals surface area contributed by atoms with E-state index in [1.165, 1.54) is 5.56 Å². The summed E-state index contributed by atoms with van der Waals surface area (Å²) in [7, 11) is 0. The Balaban J connectivity index is 1.87. The van der Waals surface area contributed by atoms with Crippen molar-refractivity contribution in [3.05, 3.63) is 48.0 Å². The smallest absolute Gasteiger partial charge is 0.149 e. The zero-order valence-corrected chi connectivity index (χ0v) is 11.1. The normalized spacial score (nSPS) is 12.1. The Labute approximate surface area is 113 Å². The minimum absolute atomic E-state index is 0.329. The summed E-state index contributed by atoms with van der Waals surface area (Å²) in [5, 5.41) is 3.33. The molecule has 0 radical (unpaired) electrons. The molecule has 0 saturated heterocycles. The van der Waals surface area contributed by atoms with Gasteiger partial charge in [0.1, 0.15) is 11.6 Å². The lowest BCUT2D eigenvalue weighted by molar-refractivity contribution is 0.703.